The number of nitrogens with zero attached hydrogens (tertiary/aromatic N) is 1. The second kappa shape index (κ2) is 6.34. The average molecular weight is 308 g/mol. The summed E-state index contributed by atoms with van der Waals surface area (Å²) in [5, 5.41) is 18.0. The topological polar surface area (TPSA) is 60.8 Å². The van der Waals surface area contributed by atoms with Crippen LogP contribution in [0.5, 0.6) is 0 Å². The molecular weight excluding hydrogens is 294 g/mol. The van der Waals surface area contributed by atoms with Crippen molar-refractivity contribution in [1.29, 1.82) is 0 Å². The molecule has 6 heteroatoms. The normalized spacial score (nSPS) is 13.0. The molecule has 0 aliphatic carbocycles. The van der Waals surface area contributed by atoms with E-state index in [0.29, 0.717) is 13.1 Å². The molecule has 1 heterocycles. The van der Waals surface area contributed by atoms with Crippen molar-refractivity contribution in [3.05, 3.63) is 20.8 Å². The van der Waals surface area contributed by atoms with Crippen LogP contribution in [-0.4, -0.2) is 40.8 Å². The van der Waals surface area contributed by atoms with Crippen LogP contribution in [0.4, 0.5) is 0 Å². The Hall–Kier alpha value is -0.430. The lowest BCUT2D eigenvalue weighted by molar-refractivity contribution is -0.139. The number of carbonyl (C=O) groups is 1. The first kappa shape index (κ1) is 13.6. The Kier molecular flexibility index (Phi) is 5.40. The first-order chi connectivity index (χ1) is 7.47. The highest BCUT2D eigenvalue weighted by Crippen LogP contribution is 2.22. The van der Waals surface area contributed by atoms with Gasteiger partial charge in [0, 0.05) is 18.0 Å². The largest absolute Gasteiger partial charge is 0.481 e. The zero-order valence-electron chi connectivity index (χ0n) is 8.89. The number of hydrogen-bond donors (Lipinski definition) is 2. The van der Waals surface area contributed by atoms with E-state index in [1.165, 1.54) is 4.88 Å². The van der Waals surface area contributed by atoms with Crippen molar-refractivity contribution < 1.29 is 15.0 Å². The van der Waals surface area contributed by atoms with Crippen LogP contribution in [0.2, 0.25) is 0 Å². The molecule has 0 saturated heterocycles. The van der Waals surface area contributed by atoms with Crippen molar-refractivity contribution in [2.45, 2.75) is 19.1 Å². The van der Waals surface area contributed by atoms with Gasteiger partial charge in [-0.1, -0.05) is 0 Å². The molecular formula is C10H14BrNO3S. The van der Waals surface area contributed by atoms with E-state index in [9.17, 15) is 9.90 Å². The number of halogens is 1. The van der Waals surface area contributed by atoms with E-state index in [-0.39, 0.29) is 6.42 Å². The van der Waals surface area contributed by atoms with Crippen LogP contribution in [0.25, 0.3) is 0 Å². The average Bonchev–Trinajstić information content (AvgIpc) is 2.48. The third-order valence-corrected chi connectivity index (χ3v) is 3.60. The lowest BCUT2D eigenvalue weighted by Gasteiger charge is -2.18. The highest BCUT2D eigenvalue weighted by atomic mass is 79.9. The van der Waals surface area contributed by atoms with Crippen LogP contribution in [0.3, 0.4) is 0 Å². The summed E-state index contributed by atoms with van der Waals surface area (Å²) in [6, 6.07) is 3.98. The summed E-state index contributed by atoms with van der Waals surface area (Å²) >= 11 is 5.01. The van der Waals surface area contributed by atoms with Gasteiger partial charge in [-0.2, -0.15) is 0 Å². The van der Waals surface area contributed by atoms with Gasteiger partial charge in [0.1, 0.15) is 0 Å². The maximum absolute atomic E-state index is 10.4. The zero-order chi connectivity index (χ0) is 12.1. The molecule has 0 saturated carbocycles. The number of carboxylic acid groups (broad SMARTS) is 1. The SMILES string of the molecule is CN(Cc1ccc(Br)s1)CC(O)CC(=O)O. The monoisotopic (exact) mass is 307 g/mol. The first-order valence-corrected chi connectivity index (χ1v) is 6.41. The van der Waals surface area contributed by atoms with Crippen molar-refractivity contribution >= 4 is 33.2 Å². The minimum Gasteiger partial charge on any atom is -0.481 e. The van der Waals surface area contributed by atoms with Gasteiger partial charge in [-0.05, 0) is 35.1 Å². The molecule has 16 heavy (non-hydrogen) atoms. The fourth-order valence-electron chi connectivity index (χ4n) is 1.39. The highest BCUT2D eigenvalue weighted by molar-refractivity contribution is 9.11. The van der Waals surface area contributed by atoms with Crippen molar-refractivity contribution in [2.75, 3.05) is 13.6 Å². The number of thiophene rings is 1. The number of aliphatic hydroxyl groups is 1. The fraction of sp³-hybridized carbons (Fsp3) is 0.500. The fourth-order valence-corrected chi connectivity index (χ4v) is 2.96. The number of likely N-dealkylation sites (N-methyl/N-ethyl adjacent to an activating group) is 1. The van der Waals surface area contributed by atoms with Crippen molar-refractivity contribution in [2.24, 2.45) is 0 Å². The number of hydrogen-bond acceptors (Lipinski definition) is 4. The van der Waals surface area contributed by atoms with Gasteiger partial charge >= 0.3 is 5.97 Å². The van der Waals surface area contributed by atoms with Gasteiger partial charge in [0.25, 0.3) is 0 Å². The van der Waals surface area contributed by atoms with E-state index < -0.39 is 12.1 Å². The van der Waals surface area contributed by atoms with E-state index in [1.807, 2.05) is 24.1 Å². The summed E-state index contributed by atoms with van der Waals surface area (Å²) in [6.07, 6.45) is -1.02. The summed E-state index contributed by atoms with van der Waals surface area (Å²) in [6.45, 7) is 1.08. The summed E-state index contributed by atoms with van der Waals surface area (Å²) in [5.74, 6) is -0.972. The van der Waals surface area contributed by atoms with E-state index >= 15 is 0 Å². The quantitative estimate of drug-likeness (QED) is 0.841. The van der Waals surface area contributed by atoms with Gasteiger partial charge < -0.3 is 10.2 Å². The molecule has 0 aliphatic rings. The van der Waals surface area contributed by atoms with Gasteiger partial charge in [0.2, 0.25) is 0 Å². The van der Waals surface area contributed by atoms with Crippen LogP contribution in [-0.2, 0) is 11.3 Å². The molecule has 0 bridgehead atoms. The predicted molar refractivity (Wildman–Crippen MR) is 66.6 cm³/mol. The minimum atomic E-state index is -0.972. The molecule has 1 unspecified atom stereocenters. The molecule has 2 N–H and O–H groups in total. The molecule has 1 aromatic heterocycles. The molecule has 1 rings (SSSR count). The van der Waals surface area contributed by atoms with Crippen LogP contribution < -0.4 is 0 Å². The van der Waals surface area contributed by atoms with Crippen molar-refractivity contribution in [1.82, 2.24) is 4.90 Å². The predicted octanol–water partition coefficient (Wildman–Crippen LogP) is 1.78. The summed E-state index contributed by atoms with van der Waals surface area (Å²) in [7, 11) is 1.86. The number of aliphatic carboxylic acids is 1. The Morgan fingerprint density at radius 2 is 2.31 bits per heavy atom. The molecule has 90 valence electrons. The van der Waals surface area contributed by atoms with Crippen LogP contribution >= 0.6 is 27.3 Å². The molecule has 1 atom stereocenters. The summed E-state index contributed by atoms with van der Waals surface area (Å²) in [5.41, 5.74) is 0. The van der Waals surface area contributed by atoms with Gasteiger partial charge in [-0.25, -0.2) is 0 Å². The third-order valence-electron chi connectivity index (χ3n) is 1.99. The molecule has 0 radical (unpaired) electrons. The molecule has 4 nitrogen and oxygen atoms in total. The Morgan fingerprint density at radius 1 is 1.62 bits per heavy atom. The highest BCUT2D eigenvalue weighted by Gasteiger charge is 2.12. The van der Waals surface area contributed by atoms with E-state index in [1.54, 1.807) is 11.3 Å². The van der Waals surface area contributed by atoms with E-state index in [4.69, 9.17) is 5.11 Å². The third kappa shape index (κ3) is 5.07. The van der Waals surface area contributed by atoms with E-state index in [2.05, 4.69) is 15.9 Å². The molecule has 0 spiro atoms. The van der Waals surface area contributed by atoms with Crippen LogP contribution in [0.1, 0.15) is 11.3 Å². The Balaban J connectivity index is 2.35. The first-order valence-electron chi connectivity index (χ1n) is 4.80. The van der Waals surface area contributed by atoms with E-state index in [0.717, 1.165) is 3.79 Å². The van der Waals surface area contributed by atoms with Crippen LogP contribution in [0, 0.1) is 0 Å². The number of rotatable bonds is 6. The zero-order valence-corrected chi connectivity index (χ0v) is 11.3. The summed E-state index contributed by atoms with van der Waals surface area (Å²) in [4.78, 5) is 13.5. The lowest BCUT2D eigenvalue weighted by Crippen LogP contribution is -2.30. The molecule has 0 aliphatic heterocycles. The second-order valence-corrected chi connectivity index (χ2v) is 6.20. The standard InChI is InChI=1S/C10H14BrNO3S/c1-12(5-7(13)4-10(14)15)6-8-2-3-9(11)16-8/h2-3,7,13H,4-6H2,1H3,(H,14,15). The maximum atomic E-state index is 10.4. The number of carboxylic acids is 1. The molecule has 0 amide bonds. The maximum Gasteiger partial charge on any atom is 0.306 e. The van der Waals surface area contributed by atoms with Gasteiger partial charge in [0.15, 0.2) is 0 Å². The Bertz CT molecular complexity index is 356. The molecule has 1 aromatic rings. The smallest absolute Gasteiger partial charge is 0.306 e. The number of aliphatic hydroxyl groups excluding tert-OH is 1. The van der Waals surface area contributed by atoms with Crippen molar-refractivity contribution in [3.63, 3.8) is 0 Å². The summed E-state index contributed by atoms with van der Waals surface area (Å²) < 4.78 is 1.07. The Labute approximate surface area is 107 Å². The lowest BCUT2D eigenvalue weighted by atomic mass is 10.2. The van der Waals surface area contributed by atoms with Gasteiger partial charge in [-0.3, -0.25) is 9.69 Å². The van der Waals surface area contributed by atoms with Crippen molar-refractivity contribution in [3.8, 4) is 0 Å². The van der Waals surface area contributed by atoms with Crippen LogP contribution in [0.15, 0.2) is 15.9 Å². The Morgan fingerprint density at radius 3 is 2.81 bits per heavy atom. The molecule has 0 fully saturated rings. The molecule has 0 aromatic carbocycles. The van der Waals surface area contributed by atoms with Gasteiger partial charge in [-0.15, -0.1) is 11.3 Å². The second-order valence-electron chi connectivity index (χ2n) is 3.65. The van der Waals surface area contributed by atoms with Gasteiger partial charge in [0.05, 0.1) is 16.3 Å². The minimum absolute atomic E-state index is 0.210.